The molecule has 3 saturated heterocycles. The van der Waals surface area contributed by atoms with Crippen molar-refractivity contribution >= 4 is 88.1 Å². The van der Waals surface area contributed by atoms with Crippen LogP contribution in [0.5, 0.6) is 46.0 Å². The van der Waals surface area contributed by atoms with Crippen molar-refractivity contribution in [3.8, 4) is 57.1 Å². The molecule has 6 aromatic carbocycles. The summed E-state index contributed by atoms with van der Waals surface area (Å²) in [7, 11) is 1.46. The van der Waals surface area contributed by atoms with Crippen molar-refractivity contribution in [2.24, 2.45) is 17.4 Å². The number of ether oxygens (including phenoxy) is 9. The molecule has 0 spiro atoms. The predicted molar refractivity (Wildman–Crippen MR) is 437 cm³/mol. The molecule has 0 aromatic heterocycles. The van der Waals surface area contributed by atoms with Crippen molar-refractivity contribution in [1.82, 2.24) is 42.5 Å². The first-order valence-corrected chi connectivity index (χ1v) is 40.8. The molecule has 0 radical (unpaired) electrons. The molecule has 8 aliphatic rings. The molecule has 42 heteroatoms. The van der Waals surface area contributed by atoms with E-state index >= 15 is 24.0 Å². The number of carboxylic acid groups (broad SMARTS) is 2. The average Bonchev–Trinajstić information content (AvgIpc) is 0.762. The van der Waals surface area contributed by atoms with Crippen LogP contribution in [0.3, 0.4) is 0 Å². The number of benzene rings is 6. The Morgan fingerprint density at radius 3 is 1.87 bits per heavy atom. The number of nitrogens with two attached hydrogens (primary N) is 2. The molecule has 674 valence electrons. The van der Waals surface area contributed by atoms with Gasteiger partial charge in [-0.25, -0.2) is 9.59 Å². The topological polar surface area (TPSA) is 608 Å². The van der Waals surface area contributed by atoms with Gasteiger partial charge in [0, 0.05) is 58.2 Å². The van der Waals surface area contributed by atoms with Crippen LogP contribution in [0.2, 0.25) is 15.1 Å². The normalized spacial score (nSPS) is 30.0. The molecule has 11 bridgehead atoms. The van der Waals surface area contributed by atoms with Crippen LogP contribution < -0.4 is 68.2 Å². The summed E-state index contributed by atoms with van der Waals surface area (Å²) in [6.45, 7) is 7.84. The highest BCUT2D eigenvalue weighted by Crippen LogP contribution is 2.51. The van der Waals surface area contributed by atoms with Gasteiger partial charge in [-0.2, -0.15) is 0 Å². The number of rotatable bonds is 22. The number of fused-ring (bicyclic) bond motifs is 15. The lowest BCUT2D eigenvalue weighted by molar-refractivity contribution is -0.334. The summed E-state index contributed by atoms with van der Waals surface area (Å²) in [5, 5.41) is 147. The largest absolute Gasteiger partial charge is 0.508 e. The quantitative estimate of drug-likeness (QED) is 0.0463. The number of aromatic hydroxyl groups is 3. The molecule has 6 aromatic rings. The van der Waals surface area contributed by atoms with E-state index in [9.17, 15) is 75.3 Å². The van der Waals surface area contributed by atoms with Crippen LogP contribution in [-0.4, -0.2) is 239 Å². The van der Waals surface area contributed by atoms with E-state index in [2.05, 4.69) is 42.5 Å². The Morgan fingerprint density at radius 2 is 1.26 bits per heavy atom. The second kappa shape index (κ2) is 38.8. The number of primary amides is 1. The highest BCUT2D eigenvalue weighted by atomic mass is 35.5. The molecule has 23 N–H and O–H groups in total. The maximum Gasteiger partial charge on any atom is 0.334 e. The van der Waals surface area contributed by atoms with Crippen molar-refractivity contribution in [2.45, 2.75) is 213 Å². The maximum atomic E-state index is 16.5. The van der Waals surface area contributed by atoms with Gasteiger partial charge in [0.05, 0.1) is 60.1 Å². The van der Waals surface area contributed by atoms with Crippen molar-refractivity contribution in [3.05, 3.63) is 152 Å². The lowest BCUT2D eigenvalue weighted by atomic mass is 9.84. The Balaban J connectivity index is 1.08. The number of hydrogen-bond donors (Lipinski definition) is 21. The van der Waals surface area contributed by atoms with Gasteiger partial charge in [0.15, 0.2) is 42.3 Å². The highest BCUT2D eigenvalue weighted by Gasteiger charge is 2.53. The smallest absolute Gasteiger partial charge is 0.334 e. The number of phenolic OH excluding ortho intramolecular Hbond substituents is 3. The van der Waals surface area contributed by atoms with Crippen LogP contribution in [0.1, 0.15) is 131 Å². The second-order valence-electron chi connectivity index (χ2n) is 32.3. The van der Waals surface area contributed by atoms with Crippen molar-refractivity contribution in [3.63, 3.8) is 0 Å². The summed E-state index contributed by atoms with van der Waals surface area (Å²) in [5.74, 6) is -18.0. The molecule has 0 saturated carbocycles. The van der Waals surface area contributed by atoms with E-state index in [1.165, 1.54) is 52.9 Å². The number of likely N-dealkylation sites (N-methyl/N-ethyl adjacent to an activating group) is 1. The van der Waals surface area contributed by atoms with Crippen molar-refractivity contribution < 1.29 is 142 Å². The summed E-state index contributed by atoms with van der Waals surface area (Å²) in [6.07, 6.45) is -25.8. The number of aliphatic carboxylic acids is 2. The summed E-state index contributed by atoms with van der Waals surface area (Å²) in [4.78, 5) is 133. The third-order valence-corrected chi connectivity index (χ3v) is 23.3. The van der Waals surface area contributed by atoms with Gasteiger partial charge in [0.25, 0.3) is 0 Å². The fourth-order valence-corrected chi connectivity index (χ4v) is 16.3. The van der Waals surface area contributed by atoms with Crippen LogP contribution in [0.4, 0.5) is 0 Å². The summed E-state index contributed by atoms with van der Waals surface area (Å²) >= 11 is 20.7. The third kappa shape index (κ3) is 21.0. The number of aliphatic hydroxyl groups is 6. The van der Waals surface area contributed by atoms with E-state index in [-0.39, 0.29) is 36.5 Å². The molecular weight excluding hydrogens is 1710 g/mol. The fraction of sp³-hybridized carbons (Fsp3) is 0.458. The number of hydrogen-bond acceptors (Lipinski definition) is 30. The standard InChI is InChI=1S/C83H97Cl3N10O29/c1-32(2)18-46(89-7)73(107)95-63-65(102)37-11-16-50(44(85)20-37)120-52-22-39-23-53(69(52)125-81-70(67(104)66(103)55(30-97)122-81)124-58-28-83(6,72(106)34(4)119-58)90-29-54(79(113)114)117-31-35-8-13-40(84)14-9-35)121-51-17-12-38(21-45(51)86)68(123-57-27-82(5,88)71(105)33(3)118-57)64-78(112)94-62(80(115)116)43-24-41(98)25-49(100)59(43)42-19-36(10-15-48(42)99)60(75(109)96-64)93-76(110)61(39)92-74(108)47(26-56(87)101)91-77(63)111/h8-17,19-25,32-34,46-47,54-55,57-58,60-68,70-72,81,89-90,97-100,102-106H,18,26-31,88H2,1-7H3,(H2,87,101)(H,91,111)(H,92,108)(H,93,110)(H,94,112)(H,95,107)(H,96,109)(H,113,114)(H,115,116)/t33?,34?,46-,47?,54?,55?,57?,58?,60?,61?,62?,63+,64+,65?,66?,67?,68-,70?,71?,72?,81?,82?,83?/m1/s1. The van der Waals surface area contributed by atoms with Gasteiger partial charge in [0.2, 0.25) is 53.4 Å². The Labute approximate surface area is 728 Å². The van der Waals surface area contributed by atoms with E-state index < -0.39 is 303 Å². The first-order valence-electron chi connectivity index (χ1n) is 39.6. The number of carboxylic acids is 2. The Kier molecular flexibility index (Phi) is 29.1. The minimum Gasteiger partial charge on any atom is -0.508 e. The minimum absolute atomic E-state index is 0.134. The Bertz CT molecular complexity index is 5080. The van der Waals surface area contributed by atoms with Gasteiger partial charge < -0.3 is 153 Å². The molecule has 8 aliphatic heterocycles. The first-order chi connectivity index (χ1) is 59.0. The number of phenols is 3. The maximum absolute atomic E-state index is 16.5. The zero-order valence-electron chi connectivity index (χ0n) is 68.0. The molecule has 23 atom stereocenters. The highest BCUT2D eigenvalue weighted by molar-refractivity contribution is 6.32. The molecule has 39 nitrogen and oxygen atoms in total. The molecule has 125 heavy (non-hydrogen) atoms. The lowest BCUT2D eigenvalue weighted by Crippen LogP contribution is -2.66. The van der Waals surface area contributed by atoms with Gasteiger partial charge in [-0.3, -0.25) is 33.6 Å². The van der Waals surface area contributed by atoms with Gasteiger partial charge in [0.1, 0.15) is 89.5 Å². The van der Waals surface area contributed by atoms with E-state index in [1.54, 1.807) is 38.1 Å². The average molecular weight is 1810 g/mol. The monoisotopic (exact) mass is 1800 g/mol. The molecule has 8 heterocycles. The van der Waals surface area contributed by atoms with E-state index in [0.717, 1.165) is 60.7 Å². The number of carbonyl (C=O) groups is 9. The van der Waals surface area contributed by atoms with Gasteiger partial charge >= 0.3 is 11.9 Å². The number of carbonyl (C=O) groups excluding carboxylic acids is 7. The summed E-state index contributed by atoms with van der Waals surface area (Å²) < 4.78 is 58.3. The van der Waals surface area contributed by atoms with E-state index in [4.69, 9.17) is 88.9 Å². The fourth-order valence-electron chi connectivity index (χ4n) is 15.7. The minimum atomic E-state index is -2.43. The van der Waals surface area contributed by atoms with Crippen LogP contribution in [-0.2, 0) is 78.2 Å². The van der Waals surface area contributed by atoms with Crippen molar-refractivity contribution in [1.29, 1.82) is 0 Å². The molecule has 3 fully saturated rings. The predicted octanol–water partition coefficient (Wildman–Crippen LogP) is 2.30. The van der Waals surface area contributed by atoms with Crippen LogP contribution in [0.15, 0.2) is 103 Å². The van der Waals surface area contributed by atoms with Gasteiger partial charge in [-0.1, -0.05) is 79.0 Å². The molecule has 19 unspecified atom stereocenters. The zero-order chi connectivity index (χ0) is 90.9. The third-order valence-electron chi connectivity index (χ3n) is 22.4. The number of aliphatic hydroxyl groups excluding tert-OH is 6. The van der Waals surface area contributed by atoms with Crippen LogP contribution >= 0.6 is 34.8 Å². The second-order valence-corrected chi connectivity index (χ2v) is 33.6. The summed E-state index contributed by atoms with van der Waals surface area (Å²) in [5.41, 5.74) is 7.05. The van der Waals surface area contributed by atoms with Crippen LogP contribution in [0.25, 0.3) is 11.1 Å². The molecule has 14 rings (SSSR count). The Hall–Kier alpha value is -10.4. The van der Waals surface area contributed by atoms with Crippen LogP contribution in [0, 0.1) is 5.92 Å². The first kappa shape index (κ1) is 93.8. The van der Waals surface area contributed by atoms with Gasteiger partial charge in [-0.15, -0.1) is 0 Å². The number of halogens is 3. The van der Waals surface area contributed by atoms with Gasteiger partial charge in [-0.05, 0) is 142 Å². The SMILES string of the molecule is CN[C@H](CC(C)C)C(=O)N[C@@H]1C(=O)NC(CC(N)=O)C(=O)NC2C(=O)NC3C(=O)N[C@H](C(=O)NC(C(=O)O)c4cc(O)cc(O)c4-c4cc3ccc4O)[C@H](OC3CC(C)(N)C(O)C(C)O3)c3ccc(c(Cl)c3)Oc3cc2cc(c3OC2OC(CO)C(O)C(O)C2OC2CC(C)(NCC(OCc3ccc(Cl)cc3)C(=O)O)C(O)C(C)O2)Oc2ccc(cc2Cl)C1O. The van der Waals surface area contributed by atoms with E-state index in [1.807, 2.05) is 0 Å². The summed E-state index contributed by atoms with van der Waals surface area (Å²) in [6, 6.07) is 5.49. The molecule has 0 aliphatic carbocycles. The molecular formula is C83H97Cl3N10O29. The molecule has 7 amide bonds. The van der Waals surface area contributed by atoms with Crippen molar-refractivity contribution in [2.75, 3.05) is 20.2 Å². The number of nitrogens with one attached hydrogen (secondary N) is 8. The lowest BCUT2D eigenvalue weighted by Gasteiger charge is -2.48. The van der Waals surface area contributed by atoms with E-state index in [0.29, 0.717) is 10.6 Å². The zero-order valence-corrected chi connectivity index (χ0v) is 70.3. The number of amides is 7. The Morgan fingerprint density at radius 1 is 0.656 bits per heavy atom.